The molecule has 17 heavy (non-hydrogen) atoms. The molecule has 0 saturated carbocycles. The minimum absolute atomic E-state index is 0.189. The normalized spacial score (nSPS) is 12.8. The third-order valence-electron chi connectivity index (χ3n) is 2.36. The number of hydrogen-bond donors (Lipinski definition) is 1. The molecule has 0 spiro atoms. The van der Waals surface area contributed by atoms with Gasteiger partial charge in [-0.1, -0.05) is 11.6 Å². The van der Waals surface area contributed by atoms with Gasteiger partial charge in [0.15, 0.2) is 0 Å². The standard InChI is InChI=1S/C11H10BrClFN3/c1-6(15)10-4-16-5-17(10)11-8(12)2-7(14)3-9(11)13/h2-6H,15H2,1H3/t6-/m1/s1. The predicted octanol–water partition coefficient (Wildman–Crippen LogP) is 3.45. The van der Waals surface area contributed by atoms with Crippen molar-refractivity contribution in [3.8, 4) is 5.69 Å². The summed E-state index contributed by atoms with van der Waals surface area (Å²) >= 11 is 9.33. The highest BCUT2D eigenvalue weighted by atomic mass is 79.9. The van der Waals surface area contributed by atoms with Gasteiger partial charge in [-0.25, -0.2) is 9.37 Å². The number of hydrogen-bond acceptors (Lipinski definition) is 2. The van der Waals surface area contributed by atoms with Gasteiger partial charge in [-0.3, -0.25) is 4.57 Å². The molecule has 3 nitrogen and oxygen atoms in total. The summed E-state index contributed by atoms with van der Waals surface area (Å²) in [5.41, 5.74) is 7.27. The van der Waals surface area contributed by atoms with Crippen LogP contribution in [0.25, 0.3) is 5.69 Å². The van der Waals surface area contributed by atoms with Gasteiger partial charge in [-0.15, -0.1) is 0 Å². The highest BCUT2D eigenvalue weighted by Crippen LogP contribution is 2.31. The van der Waals surface area contributed by atoms with Crippen molar-refractivity contribution in [1.29, 1.82) is 0 Å². The average Bonchev–Trinajstić information content (AvgIpc) is 2.64. The SMILES string of the molecule is C[C@@H](N)c1cncn1-c1c(Cl)cc(F)cc1Br. The molecule has 90 valence electrons. The Morgan fingerprint density at radius 1 is 1.53 bits per heavy atom. The molecule has 1 atom stereocenters. The van der Waals surface area contributed by atoms with E-state index in [2.05, 4.69) is 20.9 Å². The van der Waals surface area contributed by atoms with E-state index in [4.69, 9.17) is 17.3 Å². The summed E-state index contributed by atoms with van der Waals surface area (Å²) in [5, 5.41) is 0.303. The number of halogens is 3. The zero-order valence-corrected chi connectivity index (χ0v) is 11.3. The van der Waals surface area contributed by atoms with Crippen LogP contribution >= 0.6 is 27.5 Å². The molecule has 0 aliphatic rings. The third kappa shape index (κ3) is 2.36. The lowest BCUT2D eigenvalue weighted by molar-refractivity contribution is 0.626. The first-order valence-corrected chi connectivity index (χ1v) is 6.10. The minimum Gasteiger partial charge on any atom is -0.323 e. The average molecular weight is 319 g/mol. The smallest absolute Gasteiger partial charge is 0.125 e. The van der Waals surface area contributed by atoms with E-state index in [1.165, 1.54) is 12.1 Å². The molecule has 0 bridgehead atoms. The quantitative estimate of drug-likeness (QED) is 0.921. The van der Waals surface area contributed by atoms with Crippen molar-refractivity contribution in [3.63, 3.8) is 0 Å². The summed E-state index contributed by atoms with van der Waals surface area (Å²) in [6, 6.07) is 2.42. The lowest BCUT2D eigenvalue weighted by Gasteiger charge is -2.14. The van der Waals surface area contributed by atoms with E-state index < -0.39 is 5.82 Å². The molecule has 2 N–H and O–H groups in total. The van der Waals surface area contributed by atoms with Crippen molar-refractivity contribution >= 4 is 27.5 Å². The van der Waals surface area contributed by atoms with Gasteiger partial charge in [-0.2, -0.15) is 0 Å². The topological polar surface area (TPSA) is 43.8 Å². The number of benzene rings is 1. The van der Waals surface area contributed by atoms with Crippen LogP contribution in [-0.2, 0) is 0 Å². The maximum atomic E-state index is 13.1. The second-order valence-corrected chi connectivity index (χ2v) is 4.96. The van der Waals surface area contributed by atoms with Crippen LogP contribution < -0.4 is 5.73 Å². The van der Waals surface area contributed by atoms with Crippen LogP contribution in [0.2, 0.25) is 5.02 Å². The monoisotopic (exact) mass is 317 g/mol. The van der Waals surface area contributed by atoms with Crippen LogP contribution in [0.5, 0.6) is 0 Å². The molecule has 1 heterocycles. The Hall–Kier alpha value is -0.910. The molecule has 0 radical (unpaired) electrons. The van der Waals surface area contributed by atoms with Gasteiger partial charge in [0, 0.05) is 10.5 Å². The van der Waals surface area contributed by atoms with Crippen LogP contribution in [0.1, 0.15) is 18.7 Å². The molecular formula is C11H10BrClFN3. The van der Waals surface area contributed by atoms with E-state index in [9.17, 15) is 4.39 Å². The van der Waals surface area contributed by atoms with Gasteiger partial charge in [0.25, 0.3) is 0 Å². The summed E-state index contributed by atoms with van der Waals surface area (Å²) in [5.74, 6) is -0.395. The molecule has 1 aromatic carbocycles. The van der Waals surface area contributed by atoms with Gasteiger partial charge in [-0.05, 0) is 35.0 Å². The fraction of sp³-hybridized carbons (Fsp3) is 0.182. The first kappa shape index (κ1) is 12.5. The Morgan fingerprint density at radius 2 is 2.24 bits per heavy atom. The molecule has 0 saturated heterocycles. The van der Waals surface area contributed by atoms with Crippen molar-refractivity contribution in [2.24, 2.45) is 5.73 Å². The van der Waals surface area contributed by atoms with Crippen LogP contribution in [0.3, 0.4) is 0 Å². The maximum absolute atomic E-state index is 13.1. The van der Waals surface area contributed by atoms with Crippen LogP contribution in [0.4, 0.5) is 4.39 Å². The van der Waals surface area contributed by atoms with Gasteiger partial charge < -0.3 is 5.73 Å². The van der Waals surface area contributed by atoms with Crippen molar-refractivity contribution in [2.75, 3.05) is 0 Å². The number of aromatic nitrogens is 2. The number of nitrogens with two attached hydrogens (primary N) is 1. The molecule has 1 aromatic heterocycles. The minimum atomic E-state index is -0.395. The number of nitrogens with zero attached hydrogens (tertiary/aromatic N) is 2. The lowest BCUT2D eigenvalue weighted by Crippen LogP contribution is -2.11. The summed E-state index contributed by atoms with van der Waals surface area (Å²) in [4.78, 5) is 4.03. The molecule has 0 unspecified atom stereocenters. The molecule has 0 amide bonds. The number of rotatable bonds is 2. The summed E-state index contributed by atoms with van der Waals surface area (Å²) < 4.78 is 15.4. The Balaban J connectivity index is 2.64. The number of imidazole rings is 1. The zero-order valence-electron chi connectivity index (χ0n) is 8.99. The highest BCUT2D eigenvalue weighted by molar-refractivity contribution is 9.10. The van der Waals surface area contributed by atoms with Gasteiger partial charge in [0.1, 0.15) is 5.82 Å². The van der Waals surface area contributed by atoms with E-state index in [1.807, 2.05) is 6.92 Å². The van der Waals surface area contributed by atoms with E-state index >= 15 is 0 Å². The van der Waals surface area contributed by atoms with E-state index in [-0.39, 0.29) is 6.04 Å². The largest absolute Gasteiger partial charge is 0.323 e. The van der Waals surface area contributed by atoms with Gasteiger partial charge in [0.05, 0.1) is 28.9 Å². The van der Waals surface area contributed by atoms with Crippen LogP contribution in [0, 0.1) is 5.82 Å². The van der Waals surface area contributed by atoms with E-state index in [0.29, 0.717) is 15.2 Å². The molecule has 2 rings (SSSR count). The molecule has 0 aliphatic carbocycles. The molecular weight excluding hydrogens is 308 g/mol. The second kappa shape index (κ2) is 4.76. The van der Waals surface area contributed by atoms with Crippen molar-refractivity contribution in [3.05, 3.63) is 45.7 Å². The van der Waals surface area contributed by atoms with Crippen LogP contribution in [-0.4, -0.2) is 9.55 Å². The van der Waals surface area contributed by atoms with Crippen molar-refractivity contribution in [2.45, 2.75) is 13.0 Å². The van der Waals surface area contributed by atoms with E-state index in [1.54, 1.807) is 17.1 Å². The van der Waals surface area contributed by atoms with Gasteiger partial charge >= 0.3 is 0 Å². The Labute approximate surface area is 112 Å². The fourth-order valence-corrected chi connectivity index (χ4v) is 2.63. The highest BCUT2D eigenvalue weighted by Gasteiger charge is 2.15. The van der Waals surface area contributed by atoms with Crippen LogP contribution in [0.15, 0.2) is 29.1 Å². The molecule has 6 heteroatoms. The third-order valence-corrected chi connectivity index (χ3v) is 3.25. The van der Waals surface area contributed by atoms with Crippen molar-refractivity contribution < 1.29 is 4.39 Å². The van der Waals surface area contributed by atoms with Gasteiger partial charge in [0.2, 0.25) is 0 Å². The summed E-state index contributed by atoms with van der Waals surface area (Å²) in [7, 11) is 0. The lowest BCUT2D eigenvalue weighted by atomic mass is 10.2. The Bertz CT molecular complexity index is 530. The van der Waals surface area contributed by atoms with E-state index in [0.717, 1.165) is 5.69 Å². The Morgan fingerprint density at radius 3 is 2.82 bits per heavy atom. The summed E-state index contributed by atoms with van der Waals surface area (Å²) in [6.45, 7) is 1.85. The molecule has 2 aromatic rings. The first-order chi connectivity index (χ1) is 8.00. The predicted molar refractivity (Wildman–Crippen MR) is 68.8 cm³/mol. The molecule has 0 aliphatic heterocycles. The Kier molecular flexibility index (Phi) is 3.51. The fourth-order valence-electron chi connectivity index (χ4n) is 1.59. The zero-order chi connectivity index (χ0) is 12.6. The molecule has 0 fully saturated rings. The summed E-state index contributed by atoms with van der Waals surface area (Å²) in [6.07, 6.45) is 3.26. The first-order valence-electron chi connectivity index (χ1n) is 4.93. The second-order valence-electron chi connectivity index (χ2n) is 3.70. The van der Waals surface area contributed by atoms with Crippen molar-refractivity contribution in [1.82, 2.24) is 9.55 Å². The maximum Gasteiger partial charge on any atom is 0.125 e.